The van der Waals surface area contributed by atoms with E-state index in [4.69, 9.17) is 5.73 Å². The number of rotatable bonds is 4. The van der Waals surface area contributed by atoms with E-state index in [0.717, 1.165) is 44.0 Å². The summed E-state index contributed by atoms with van der Waals surface area (Å²) < 4.78 is 0. The normalized spacial score (nSPS) is 14.1. The highest BCUT2D eigenvalue weighted by atomic mass is 35.5. The van der Waals surface area contributed by atoms with Crippen LogP contribution in [0.5, 0.6) is 0 Å². The Hall–Kier alpha value is -2.27. The van der Waals surface area contributed by atoms with Crippen LogP contribution in [0.15, 0.2) is 66.7 Å². The highest BCUT2D eigenvalue weighted by molar-refractivity contribution is 5.86. The largest absolute Gasteiger partial charge is 0.399 e. The number of carbonyl (C=O) groups excluding carboxylic acids is 1. The maximum atomic E-state index is 12.6. The number of halogens is 2. The van der Waals surface area contributed by atoms with Crippen molar-refractivity contribution in [2.24, 2.45) is 0 Å². The van der Waals surface area contributed by atoms with Crippen molar-refractivity contribution in [3.8, 4) is 0 Å². The number of nitrogens with two attached hydrogens (primary N) is 1. The van der Waals surface area contributed by atoms with Crippen LogP contribution < -0.4 is 5.73 Å². The van der Waals surface area contributed by atoms with Crippen LogP contribution >= 0.6 is 24.8 Å². The molecule has 1 amide bonds. The molecule has 0 aliphatic carbocycles. The van der Waals surface area contributed by atoms with Crippen LogP contribution in [0.2, 0.25) is 0 Å². The third-order valence-corrected chi connectivity index (χ3v) is 5.33. The van der Waals surface area contributed by atoms with Gasteiger partial charge in [-0.05, 0) is 34.0 Å². The second-order valence-corrected chi connectivity index (χ2v) is 7.21. The summed E-state index contributed by atoms with van der Waals surface area (Å²) in [5, 5.41) is 2.61. The molecule has 3 aromatic rings. The van der Waals surface area contributed by atoms with E-state index in [-0.39, 0.29) is 30.7 Å². The lowest BCUT2D eigenvalue weighted by Crippen LogP contribution is -2.48. The molecule has 1 fully saturated rings. The molecule has 1 aliphatic heterocycles. The average molecular weight is 432 g/mol. The fraction of sp³-hybridized carbons (Fsp3) is 0.261. The molecular formula is C23H27Cl2N3O. The van der Waals surface area contributed by atoms with Gasteiger partial charge in [0.15, 0.2) is 0 Å². The van der Waals surface area contributed by atoms with Gasteiger partial charge in [-0.1, -0.05) is 54.6 Å². The molecule has 154 valence electrons. The maximum Gasteiger partial charge on any atom is 0.227 e. The van der Waals surface area contributed by atoms with Gasteiger partial charge in [0.05, 0.1) is 6.42 Å². The van der Waals surface area contributed by atoms with E-state index in [9.17, 15) is 4.79 Å². The van der Waals surface area contributed by atoms with E-state index < -0.39 is 0 Å². The first-order valence-electron chi connectivity index (χ1n) is 9.50. The van der Waals surface area contributed by atoms with Crippen molar-refractivity contribution in [2.45, 2.75) is 13.0 Å². The molecule has 1 saturated heterocycles. The predicted molar refractivity (Wildman–Crippen MR) is 125 cm³/mol. The number of benzene rings is 3. The third kappa shape index (κ3) is 5.63. The Morgan fingerprint density at radius 2 is 1.48 bits per heavy atom. The molecule has 0 unspecified atom stereocenters. The standard InChI is InChI=1S/C23H25N3O.2ClH/c24-21-10-8-18(9-11-21)16-23(27)26-14-12-25(13-15-26)17-20-6-3-5-19-4-1-2-7-22(19)20;;/h1-11H,12-17,24H2;2*1H. The average Bonchev–Trinajstić information content (AvgIpc) is 2.70. The van der Waals surface area contributed by atoms with Crippen molar-refractivity contribution in [1.82, 2.24) is 9.80 Å². The van der Waals surface area contributed by atoms with Crippen LogP contribution in [0, 0.1) is 0 Å². The van der Waals surface area contributed by atoms with Crippen molar-refractivity contribution < 1.29 is 4.79 Å². The van der Waals surface area contributed by atoms with Crippen LogP contribution in [0.25, 0.3) is 10.8 Å². The molecule has 0 atom stereocenters. The molecule has 4 rings (SSSR count). The summed E-state index contributed by atoms with van der Waals surface area (Å²) in [6, 6.07) is 22.6. The molecule has 0 saturated carbocycles. The molecule has 29 heavy (non-hydrogen) atoms. The van der Waals surface area contributed by atoms with E-state index >= 15 is 0 Å². The fourth-order valence-corrected chi connectivity index (χ4v) is 3.75. The first-order valence-corrected chi connectivity index (χ1v) is 9.50. The molecule has 3 aromatic carbocycles. The van der Waals surface area contributed by atoms with Gasteiger partial charge >= 0.3 is 0 Å². The summed E-state index contributed by atoms with van der Waals surface area (Å²) >= 11 is 0. The van der Waals surface area contributed by atoms with Gasteiger partial charge in [-0.3, -0.25) is 9.69 Å². The molecular weight excluding hydrogens is 405 g/mol. The number of hydrogen-bond donors (Lipinski definition) is 1. The van der Waals surface area contributed by atoms with Crippen LogP contribution in [0.3, 0.4) is 0 Å². The molecule has 1 heterocycles. The van der Waals surface area contributed by atoms with Gasteiger partial charge in [0.2, 0.25) is 5.91 Å². The lowest BCUT2D eigenvalue weighted by atomic mass is 10.0. The lowest BCUT2D eigenvalue weighted by molar-refractivity contribution is -0.132. The number of fused-ring (bicyclic) bond motifs is 1. The Morgan fingerprint density at radius 1 is 0.828 bits per heavy atom. The summed E-state index contributed by atoms with van der Waals surface area (Å²) in [5.74, 6) is 0.199. The van der Waals surface area contributed by atoms with Crippen LogP contribution in [-0.4, -0.2) is 41.9 Å². The first-order chi connectivity index (χ1) is 13.2. The van der Waals surface area contributed by atoms with Crippen molar-refractivity contribution in [3.63, 3.8) is 0 Å². The molecule has 4 nitrogen and oxygen atoms in total. The van der Waals surface area contributed by atoms with E-state index in [1.165, 1.54) is 16.3 Å². The summed E-state index contributed by atoms with van der Waals surface area (Å²) in [7, 11) is 0. The Morgan fingerprint density at radius 3 is 2.21 bits per heavy atom. The quantitative estimate of drug-likeness (QED) is 0.631. The number of hydrogen-bond acceptors (Lipinski definition) is 3. The molecule has 0 spiro atoms. The van der Waals surface area contributed by atoms with E-state index in [0.29, 0.717) is 6.42 Å². The summed E-state index contributed by atoms with van der Waals surface area (Å²) in [6.07, 6.45) is 0.448. The van der Waals surface area contributed by atoms with E-state index in [1.54, 1.807) is 0 Å². The smallest absolute Gasteiger partial charge is 0.227 e. The van der Waals surface area contributed by atoms with Crippen LogP contribution in [0.4, 0.5) is 5.69 Å². The topological polar surface area (TPSA) is 49.6 Å². The Kier molecular flexibility index (Phi) is 8.32. The zero-order chi connectivity index (χ0) is 18.6. The summed E-state index contributed by atoms with van der Waals surface area (Å²) in [6.45, 7) is 4.34. The number of nitrogen functional groups attached to an aromatic ring is 1. The zero-order valence-corrected chi connectivity index (χ0v) is 17.9. The van der Waals surface area contributed by atoms with Gasteiger partial charge in [-0.15, -0.1) is 24.8 Å². The highest BCUT2D eigenvalue weighted by Crippen LogP contribution is 2.20. The lowest BCUT2D eigenvalue weighted by Gasteiger charge is -2.35. The van der Waals surface area contributed by atoms with Gasteiger partial charge in [0, 0.05) is 38.4 Å². The SMILES string of the molecule is Cl.Cl.Nc1ccc(CC(=O)N2CCN(Cc3cccc4ccccc34)CC2)cc1. The van der Waals surface area contributed by atoms with Crippen molar-refractivity contribution in [1.29, 1.82) is 0 Å². The minimum atomic E-state index is 0. The molecule has 1 aliphatic rings. The molecule has 2 N–H and O–H groups in total. The van der Waals surface area contributed by atoms with E-state index in [1.807, 2.05) is 29.2 Å². The molecule has 6 heteroatoms. The maximum absolute atomic E-state index is 12.6. The van der Waals surface area contributed by atoms with Gasteiger partial charge < -0.3 is 10.6 Å². The summed E-state index contributed by atoms with van der Waals surface area (Å²) in [4.78, 5) is 17.0. The molecule has 0 aromatic heterocycles. The minimum absolute atomic E-state index is 0. The van der Waals surface area contributed by atoms with Gasteiger partial charge in [-0.2, -0.15) is 0 Å². The second-order valence-electron chi connectivity index (χ2n) is 7.21. The molecule has 0 bridgehead atoms. The number of amides is 1. The Labute approximate surface area is 184 Å². The predicted octanol–water partition coefficient (Wildman–Crippen LogP) is 4.15. The van der Waals surface area contributed by atoms with Gasteiger partial charge in [0.1, 0.15) is 0 Å². The van der Waals surface area contributed by atoms with Gasteiger partial charge in [0.25, 0.3) is 0 Å². The first kappa shape index (κ1) is 23.0. The Bertz CT molecular complexity index is 933. The summed E-state index contributed by atoms with van der Waals surface area (Å²) in [5.41, 5.74) is 8.82. The number of carbonyl (C=O) groups is 1. The number of nitrogens with zero attached hydrogens (tertiary/aromatic N) is 2. The van der Waals surface area contributed by atoms with Gasteiger partial charge in [-0.25, -0.2) is 0 Å². The van der Waals surface area contributed by atoms with Crippen molar-refractivity contribution in [3.05, 3.63) is 77.9 Å². The van der Waals surface area contributed by atoms with Crippen LogP contribution in [0.1, 0.15) is 11.1 Å². The third-order valence-electron chi connectivity index (χ3n) is 5.33. The van der Waals surface area contributed by atoms with Crippen molar-refractivity contribution >= 4 is 47.2 Å². The number of piperazine rings is 1. The van der Waals surface area contributed by atoms with Crippen LogP contribution in [-0.2, 0) is 17.8 Å². The Balaban J connectivity index is 0.00000150. The van der Waals surface area contributed by atoms with Crippen molar-refractivity contribution in [2.75, 3.05) is 31.9 Å². The highest BCUT2D eigenvalue weighted by Gasteiger charge is 2.21. The zero-order valence-electron chi connectivity index (χ0n) is 16.3. The molecule has 0 radical (unpaired) electrons. The minimum Gasteiger partial charge on any atom is -0.399 e. The number of anilines is 1. The second kappa shape index (κ2) is 10.5. The fourth-order valence-electron chi connectivity index (χ4n) is 3.75. The monoisotopic (exact) mass is 431 g/mol. The van der Waals surface area contributed by atoms with E-state index in [2.05, 4.69) is 47.4 Å².